The van der Waals surface area contributed by atoms with Gasteiger partial charge >= 0.3 is 0 Å². The highest BCUT2D eigenvalue weighted by Gasteiger charge is 2.24. The second-order valence-corrected chi connectivity index (χ2v) is 6.33. The van der Waals surface area contributed by atoms with Gasteiger partial charge in [0.1, 0.15) is 11.9 Å². The average molecular weight is 273 g/mol. The van der Waals surface area contributed by atoms with Crippen LogP contribution in [-0.4, -0.2) is 19.2 Å². The van der Waals surface area contributed by atoms with Gasteiger partial charge in [0.15, 0.2) is 0 Å². The summed E-state index contributed by atoms with van der Waals surface area (Å²) in [5, 5.41) is 3.45. The Morgan fingerprint density at radius 2 is 1.75 bits per heavy atom. The normalized spacial score (nSPS) is 26.6. The summed E-state index contributed by atoms with van der Waals surface area (Å²) in [4.78, 5) is 0. The smallest absolute Gasteiger partial charge is 0.120 e. The first-order chi connectivity index (χ1) is 9.86. The second kappa shape index (κ2) is 6.62. The number of benzene rings is 1. The van der Waals surface area contributed by atoms with Crippen LogP contribution in [0.5, 0.6) is 5.75 Å². The lowest BCUT2D eigenvalue weighted by Gasteiger charge is -2.26. The van der Waals surface area contributed by atoms with Gasteiger partial charge in [-0.05, 0) is 75.3 Å². The number of nitrogens with one attached hydrogen (secondary N) is 1. The van der Waals surface area contributed by atoms with Gasteiger partial charge in [-0.1, -0.05) is 18.9 Å². The zero-order valence-corrected chi connectivity index (χ0v) is 12.7. The lowest BCUT2D eigenvalue weighted by Crippen LogP contribution is -2.40. The molecule has 20 heavy (non-hydrogen) atoms. The minimum absolute atomic E-state index is 0.337. The fraction of sp³-hybridized carbons (Fsp3) is 0.667. The fourth-order valence-electron chi connectivity index (χ4n) is 3.70. The van der Waals surface area contributed by atoms with Gasteiger partial charge in [-0.3, -0.25) is 0 Å². The molecular formula is C18H27NO. The van der Waals surface area contributed by atoms with Crippen molar-refractivity contribution in [3.8, 4) is 5.75 Å². The predicted molar refractivity (Wildman–Crippen MR) is 83.4 cm³/mol. The highest BCUT2D eigenvalue weighted by Crippen LogP contribution is 2.28. The Labute approximate surface area is 122 Å². The predicted octanol–water partition coefficient (Wildman–Crippen LogP) is 3.86. The summed E-state index contributed by atoms with van der Waals surface area (Å²) in [6.45, 7) is 0. The molecule has 2 aliphatic carbocycles. The number of hydrogen-bond acceptors (Lipinski definition) is 2. The van der Waals surface area contributed by atoms with Crippen LogP contribution in [0.25, 0.3) is 0 Å². The van der Waals surface area contributed by atoms with Gasteiger partial charge in [0.05, 0.1) is 0 Å². The molecule has 0 amide bonds. The summed E-state index contributed by atoms with van der Waals surface area (Å²) in [7, 11) is 2.07. The molecule has 0 saturated heterocycles. The van der Waals surface area contributed by atoms with Crippen LogP contribution >= 0.6 is 0 Å². The quantitative estimate of drug-likeness (QED) is 0.844. The number of rotatable bonds is 3. The molecule has 2 heteroatoms. The Kier molecular flexibility index (Phi) is 4.62. The van der Waals surface area contributed by atoms with Crippen LogP contribution in [0, 0.1) is 0 Å². The summed E-state index contributed by atoms with van der Waals surface area (Å²) >= 11 is 0. The van der Waals surface area contributed by atoms with Crippen molar-refractivity contribution < 1.29 is 4.74 Å². The standard InChI is InChI=1S/C18H27NO/c1-19-17-9-3-2-4-10-18(17)20-16-12-11-14-7-5-6-8-15(14)13-16/h11-13,17-19H,2-10H2,1H3. The van der Waals surface area contributed by atoms with E-state index in [9.17, 15) is 0 Å². The number of aryl methyl sites for hydroxylation is 2. The summed E-state index contributed by atoms with van der Waals surface area (Å²) in [6, 6.07) is 7.27. The molecule has 2 nitrogen and oxygen atoms in total. The summed E-state index contributed by atoms with van der Waals surface area (Å²) < 4.78 is 6.34. The Hall–Kier alpha value is -1.02. The van der Waals surface area contributed by atoms with E-state index in [0.717, 1.165) is 5.75 Å². The maximum Gasteiger partial charge on any atom is 0.120 e. The topological polar surface area (TPSA) is 21.3 Å². The van der Waals surface area contributed by atoms with E-state index in [0.29, 0.717) is 12.1 Å². The maximum atomic E-state index is 6.34. The molecule has 1 N–H and O–H groups in total. The highest BCUT2D eigenvalue weighted by atomic mass is 16.5. The van der Waals surface area contributed by atoms with E-state index >= 15 is 0 Å². The molecule has 110 valence electrons. The summed E-state index contributed by atoms with van der Waals surface area (Å²) in [5.41, 5.74) is 3.05. The molecule has 1 fully saturated rings. The molecule has 0 aliphatic heterocycles. The first kappa shape index (κ1) is 13.9. The fourth-order valence-corrected chi connectivity index (χ4v) is 3.70. The van der Waals surface area contributed by atoms with E-state index in [1.165, 1.54) is 68.9 Å². The SMILES string of the molecule is CNC1CCCCCC1Oc1ccc2c(c1)CCCC2. The Morgan fingerprint density at radius 3 is 2.60 bits per heavy atom. The Morgan fingerprint density at radius 1 is 0.950 bits per heavy atom. The van der Waals surface area contributed by atoms with Crippen LogP contribution in [-0.2, 0) is 12.8 Å². The van der Waals surface area contributed by atoms with Gasteiger partial charge in [0.2, 0.25) is 0 Å². The molecule has 0 aromatic heterocycles. The highest BCUT2D eigenvalue weighted by molar-refractivity contribution is 5.37. The van der Waals surface area contributed by atoms with E-state index in [-0.39, 0.29) is 0 Å². The Bertz CT molecular complexity index is 443. The molecule has 0 radical (unpaired) electrons. The third-order valence-corrected chi connectivity index (χ3v) is 4.93. The maximum absolute atomic E-state index is 6.34. The van der Waals surface area contributed by atoms with Crippen molar-refractivity contribution in [2.75, 3.05) is 7.05 Å². The van der Waals surface area contributed by atoms with Crippen molar-refractivity contribution in [1.82, 2.24) is 5.32 Å². The van der Waals surface area contributed by atoms with Gasteiger partial charge < -0.3 is 10.1 Å². The number of hydrogen-bond donors (Lipinski definition) is 1. The third-order valence-electron chi connectivity index (χ3n) is 4.93. The third kappa shape index (κ3) is 3.17. The monoisotopic (exact) mass is 273 g/mol. The van der Waals surface area contributed by atoms with Gasteiger partial charge in [0, 0.05) is 6.04 Å². The molecular weight excluding hydrogens is 246 g/mol. The average Bonchev–Trinajstić information content (AvgIpc) is 2.72. The zero-order chi connectivity index (χ0) is 13.8. The van der Waals surface area contributed by atoms with Crippen molar-refractivity contribution in [2.45, 2.75) is 69.9 Å². The van der Waals surface area contributed by atoms with Gasteiger partial charge in [-0.25, -0.2) is 0 Å². The van der Waals surface area contributed by atoms with Crippen LogP contribution in [0.3, 0.4) is 0 Å². The molecule has 2 unspecified atom stereocenters. The van der Waals surface area contributed by atoms with Gasteiger partial charge in [-0.15, -0.1) is 0 Å². The minimum atomic E-state index is 0.337. The molecule has 1 saturated carbocycles. The summed E-state index contributed by atoms with van der Waals surface area (Å²) in [6.07, 6.45) is 11.9. The van der Waals surface area contributed by atoms with Crippen LogP contribution in [0.2, 0.25) is 0 Å². The number of fused-ring (bicyclic) bond motifs is 1. The molecule has 0 bridgehead atoms. The second-order valence-electron chi connectivity index (χ2n) is 6.33. The molecule has 2 atom stereocenters. The molecule has 3 rings (SSSR count). The van der Waals surface area contributed by atoms with Crippen molar-refractivity contribution in [3.63, 3.8) is 0 Å². The van der Waals surface area contributed by atoms with E-state index in [1.807, 2.05) is 0 Å². The van der Waals surface area contributed by atoms with Crippen LogP contribution < -0.4 is 10.1 Å². The molecule has 2 aliphatic rings. The van der Waals surface area contributed by atoms with Gasteiger partial charge in [-0.2, -0.15) is 0 Å². The first-order valence-corrected chi connectivity index (χ1v) is 8.32. The lowest BCUT2D eigenvalue weighted by molar-refractivity contribution is 0.148. The Balaban J connectivity index is 1.72. The first-order valence-electron chi connectivity index (χ1n) is 8.32. The van der Waals surface area contributed by atoms with Gasteiger partial charge in [0.25, 0.3) is 0 Å². The molecule has 1 aromatic rings. The van der Waals surface area contributed by atoms with Crippen LogP contribution in [0.1, 0.15) is 56.1 Å². The molecule has 0 heterocycles. The van der Waals surface area contributed by atoms with Crippen LogP contribution in [0.15, 0.2) is 18.2 Å². The number of likely N-dealkylation sites (N-methyl/N-ethyl adjacent to an activating group) is 1. The lowest BCUT2D eigenvalue weighted by atomic mass is 9.92. The molecule has 0 spiro atoms. The van der Waals surface area contributed by atoms with E-state index < -0.39 is 0 Å². The molecule has 1 aromatic carbocycles. The van der Waals surface area contributed by atoms with Crippen molar-refractivity contribution in [3.05, 3.63) is 29.3 Å². The zero-order valence-electron chi connectivity index (χ0n) is 12.7. The van der Waals surface area contributed by atoms with Crippen LogP contribution in [0.4, 0.5) is 0 Å². The van der Waals surface area contributed by atoms with E-state index in [1.54, 1.807) is 0 Å². The van der Waals surface area contributed by atoms with E-state index in [4.69, 9.17) is 4.74 Å². The minimum Gasteiger partial charge on any atom is -0.489 e. The van der Waals surface area contributed by atoms with Crippen molar-refractivity contribution in [1.29, 1.82) is 0 Å². The van der Waals surface area contributed by atoms with Crippen molar-refractivity contribution in [2.24, 2.45) is 0 Å². The van der Waals surface area contributed by atoms with Crippen molar-refractivity contribution >= 4 is 0 Å². The largest absolute Gasteiger partial charge is 0.489 e. The number of ether oxygens (including phenoxy) is 1. The van der Waals surface area contributed by atoms with E-state index in [2.05, 4.69) is 30.6 Å². The summed E-state index contributed by atoms with van der Waals surface area (Å²) in [5.74, 6) is 1.08.